The first-order chi connectivity index (χ1) is 7.31. The van der Waals surface area contributed by atoms with Crippen LogP contribution in [-0.2, 0) is 0 Å². The average Bonchev–Trinajstić information content (AvgIpc) is 2.23. The number of nitrogens with one attached hydrogen (secondary N) is 2. The Balaban J connectivity index is 3.10. The molecule has 0 spiro atoms. The molecule has 0 heterocycles. The van der Waals surface area contributed by atoms with Crippen molar-refractivity contribution in [1.82, 2.24) is 10.6 Å². The van der Waals surface area contributed by atoms with Gasteiger partial charge in [0, 0.05) is 12.2 Å². The molecule has 0 saturated heterocycles. The summed E-state index contributed by atoms with van der Waals surface area (Å²) in [6.45, 7) is 8.46. The average molecular weight is 214 g/mol. The van der Waals surface area contributed by atoms with Gasteiger partial charge in [0.1, 0.15) is 0 Å². The topological polar surface area (TPSA) is 76.1 Å². The molecule has 0 aromatic heterocycles. The Labute approximate surface area is 93.5 Å². The van der Waals surface area contributed by atoms with Gasteiger partial charge in [-0.2, -0.15) is 0 Å². The van der Waals surface area contributed by atoms with E-state index in [1.54, 1.807) is 0 Å². The van der Waals surface area contributed by atoms with E-state index >= 15 is 0 Å². The molecule has 0 bridgehead atoms. The summed E-state index contributed by atoms with van der Waals surface area (Å²) in [5, 5.41) is 6.60. The van der Waals surface area contributed by atoms with Crippen LogP contribution in [-0.4, -0.2) is 32.7 Å². The zero-order valence-corrected chi connectivity index (χ0v) is 9.73. The van der Waals surface area contributed by atoms with Crippen LogP contribution in [0.4, 0.5) is 0 Å². The van der Waals surface area contributed by atoms with Crippen LogP contribution in [0.25, 0.3) is 0 Å². The van der Waals surface area contributed by atoms with Crippen molar-refractivity contribution in [2.75, 3.05) is 32.7 Å². The normalized spacial score (nSPS) is 10.3. The Bertz CT molecular complexity index is 148. The molecule has 4 heteroatoms. The molecule has 0 unspecified atom stereocenters. The fourth-order valence-corrected chi connectivity index (χ4v) is 1.23. The summed E-state index contributed by atoms with van der Waals surface area (Å²) in [5.41, 5.74) is 11.9. The summed E-state index contributed by atoms with van der Waals surface area (Å²) in [6, 6.07) is 0. The zero-order chi connectivity index (χ0) is 11.4. The van der Waals surface area contributed by atoms with Crippen LogP contribution in [0.5, 0.6) is 0 Å². The highest BCUT2D eigenvalue weighted by Gasteiger charge is 1.93. The van der Waals surface area contributed by atoms with E-state index in [1.807, 2.05) is 0 Å². The molecular weight excluding hydrogens is 188 g/mol. The molecule has 4 nitrogen and oxygen atoms in total. The maximum Gasteiger partial charge on any atom is 0.0155 e. The number of hydrogen-bond acceptors (Lipinski definition) is 4. The number of allylic oxidation sites excluding steroid dienone is 1. The molecule has 0 aromatic rings. The minimum absolute atomic E-state index is 0.737. The molecule has 0 rings (SSSR count). The van der Waals surface area contributed by atoms with Gasteiger partial charge in [-0.05, 0) is 51.9 Å². The van der Waals surface area contributed by atoms with Crippen molar-refractivity contribution in [3.05, 3.63) is 12.3 Å². The smallest absolute Gasteiger partial charge is 0.0155 e. The lowest BCUT2D eigenvalue weighted by Crippen LogP contribution is -2.21. The van der Waals surface area contributed by atoms with Crippen LogP contribution >= 0.6 is 0 Å². The predicted octanol–water partition coefficient (Wildman–Crippen LogP) is 0.157. The summed E-state index contributed by atoms with van der Waals surface area (Å²) in [4.78, 5) is 0. The standard InChI is InChI=1S/C11H26N4/c1-11(15-10-4-7-13)5-2-8-14-9-3-6-12/h14-15H,1-10,12-13H2. The lowest BCUT2D eigenvalue weighted by Gasteiger charge is -2.09. The van der Waals surface area contributed by atoms with Gasteiger partial charge in [0.25, 0.3) is 0 Å². The third-order valence-electron chi connectivity index (χ3n) is 2.15. The molecule has 0 aromatic carbocycles. The summed E-state index contributed by atoms with van der Waals surface area (Å²) >= 11 is 0. The molecule has 0 aliphatic carbocycles. The summed E-state index contributed by atoms with van der Waals surface area (Å²) in [5.74, 6) is 0. The maximum atomic E-state index is 5.39. The van der Waals surface area contributed by atoms with Crippen molar-refractivity contribution in [2.24, 2.45) is 11.5 Å². The molecule has 90 valence electrons. The molecule has 6 N–H and O–H groups in total. The monoisotopic (exact) mass is 214 g/mol. The van der Waals surface area contributed by atoms with E-state index in [0.29, 0.717) is 0 Å². The van der Waals surface area contributed by atoms with Gasteiger partial charge in [0.15, 0.2) is 0 Å². The summed E-state index contributed by atoms with van der Waals surface area (Å²) < 4.78 is 0. The van der Waals surface area contributed by atoms with Crippen molar-refractivity contribution < 1.29 is 0 Å². The van der Waals surface area contributed by atoms with Crippen molar-refractivity contribution in [3.63, 3.8) is 0 Å². The molecule has 0 amide bonds. The molecule has 15 heavy (non-hydrogen) atoms. The molecule has 0 radical (unpaired) electrons. The Hall–Kier alpha value is -0.580. The van der Waals surface area contributed by atoms with Crippen LogP contribution in [0, 0.1) is 0 Å². The molecule has 0 atom stereocenters. The minimum Gasteiger partial charge on any atom is -0.389 e. The Kier molecular flexibility index (Phi) is 11.1. The molecule has 0 fully saturated rings. The van der Waals surface area contributed by atoms with Crippen molar-refractivity contribution in [2.45, 2.75) is 25.7 Å². The number of rotatable bonds is 11. The quantitative estimate of drug-likeness (QED) is 0.370. The van der Waals surface area contributed by atoms with E-state index in [9.17, 15) is 0 Å². The SMILES string of the molecule is C=C(CCCNCCCN)NCCCN. The van der Waals surface area contributed by atoms with Crippen LogP contribution < -0.4 is 22.1 Å². The molecule has 0 aliphatic heterocycles. The first kappa shape index (κ1) is 14.4. The first-order valence-corrected chi connectivity index (χ1v) is 5.83. The van der Waals surface area contributed by atoms with E-state index in [1.165, 1.54) is 0 Å². The highest BCUT2D eigenvalue weighted by molar-refractivity contribution is 4.90. The molecular formula is C11H26N4. The Morgan fingerprint density at radius 3 is 2.20 bits per heavy atom. The van der Waals surface area contributed by atoms with E-state index in [0.717, 1.165) is 64.1 Å². The third kappa shape index (κ3) is 11.3. The van der Waals surface area contributed by atoms with E-state index in [-0.39, 0.29) is 0 Å². The number of nitrogens with two attached hydrogens (primary N) is 2. The van der Waals surface area contributed by atoms with E-state index in [4.69, 9.17) is 11.5 Å². The molecule has 0 aliphatic rings. The second-order valence-corrected chi connectivity index (χ2v) is 3.67. The van der Waals surface area contributed by atoms with Crippen LogP contribution in [0.3, 0.4) is 0 Å². The van der Waals surface area contributed by atoms with Gasteiger partial charge < -0.3 is 22.1 Å². The van der Waals surface area contributed by atoms with E-state index < -0.39 is 0 Å². The van der Waals surface area contributed by atoms with Crippen LogP contribution in [0.15, 0.2) is 12.3 Å². The Morgan fingerprint density at radius 2 is 1.53 bits per heavy atom. The van der Waals surface area contributed by atoms with Crippen molar-refractivity contribution in [1.29, 1.82) is 0 Å². The van der Waals surface area contributed by atoms with Gasteiger partial charge >= 0.3 is 0 Å². The van der Waals surface area contributed by atoms with Crippen LogP contribution in [0.2, 0.25) is 0 Å². The van der Waals surface area contributed by atoms with Gasteiger partial charge in [-0.25, -0.2) is 0 Å². The fourth-order valence-electron chi connectivity index (χ4n) is 1.23. The highest BCUT2D eigenvalue weighted by atomic mass is 14.9. The lowest BCUT2D eigenvalue weighted by molar-refractivity contribution is 0.609. The lowest BCUT2D eigenvalue weighted by atomic mass is 10.2. The number of hydrogen-bond donors (Lipinski definition) is 4. The van der Waals surface area contributed by atoms with E-state index in [2.05, 4.69) is 17.2 Å². The summed E-state index contributed by atoms with van der Waals surface area (Å²) in [6.07, 6.45) is 4.21. The minimum atomic E-state index is 0.737. The van der Waals surface area contributed by atoms with Crippen molar-refractivity contribution in [3.8, 4) is 0 Å². The van der Waals surface area contributed by atoms with Gasteiger partial charge in [-0.1, -0.05) is 6.58 Å². The highest BCUT2D eigenvalue weighted by Crippen LogP contribution is 1.97. The summed E-state index contributed by atoms with van der Waals surface area (Å²) in [7, 11) is 0. The second kappa shape index (κ2) is 11.5. The first-order valence-electron chi connectivity index (χ1n) is 5.83. The Morgan fingerprint density at radius 1 is 0.933 bits per heavy atom. The van der Waals surface area contributed by atoms with Gasteiger partial charge in [-0.15, -0.1) is 0 Å². The zero-order valence-electron chi connectivity index (χ0n) is 9.73. The largest absolute Gasteiger partial charge is 0.389 e. The van der Waals surface area contributed by atoms with Gasteiger partial charge in [-0.3, -0.25) is 0 Å². The predicted molar refractivity (Wildman–Crippen MR) is 66.6 cm³/mol. The van der Waals surface area contributed by atoms with Gasteiger partial charge in [0.05, 0.1) is 0 Å². The second-order valence-electron chi connectivity index (χ2n) is 3.67. The third-order valence-corrected chi connectivity index (χ3v) is 2.15. The van der Waals surface area contributed by atoms with Crippen LogP contribution in [0.1, 0.15) is 25.7 Å². The maximum absolute atomic E-state index is 5.39. The van der Waals surface area contributed by atoms with Gasteiger partial charge in [0.2, 0.25) is 0 Å². The fraction of sp³-hybridized carbons (Fsp3) is 0.818. The molecule has 0 saturated carbocycles. The van der Waals surface area contributed by atoms with Crippen molar-refractivity contribution >= 4 is 0 Å².